The molecule has 4 aromatic carbocycles. The molecular formula is C28H36Cl2P2Ti. The average Bonchev–Trinajstić information content (AvgIpc) is 3.23. The van der Waals surface area contributed by atoms with Gasteiger partial charge in [0.25, 0.3) is 0 Å². The summed E-state index contributed by atoms with van der Waals surface area (Å²) in [6.45, 7) is 18.9. The summed E-state index contributed by atoms with van der Waals surface area (Å²) in [6, 6.07) is 26.7. The van der Waals surface area contributed by atoms with E-state index < -0.39 is 0 Å². The Morgan fingerprint density at radius 2 is 0.970 bits per heavy atom. The Labute approximate surface area is 231 Å². The first-order valence-electron chi connectivity index (χ1n) is 10.8. The van der Waals surface area contributed by atoms with Gasteiger partial charge in [-0.05, 0) is 23.6 Å². The van der Waals surface area contributed by atoms with Gasteiger partial charge in [0, 0.05) is 0 Å². The van der Waals surface area contributed by atoms with Crippen molar-refractivity contribution in [3.8, 4) is 0 Å². The van der Waals surface area contributed by atoms with Crippen LogP contribution in [-0.2, 0) is 21.7 Å². The second-order valence-electron chi connectivity index (χ2n) is 10.3. The molecule has 0 unspecified atom stereocenters. The average molecular weight is 553 g/mol. The fourth-order valence-electron chi connectivity index (χ4n) is 4.44. The van der Waals surface area contributed by atoms with Crippen LogP contribution in [0.3, 0.4) is 0 Å². The van der Waals surface area contributed by atoms with Gasteiger partial charge in [-0.1, -0.05) is 61.6 Å². The monoisotopic (exact) mass is 552 g/mol. The molecule has 0 nitrogen and oxygen atoms in total. The Balaban J connectivity index is 0.000000603. The molecular weight excluding hydrogens is 517 g/mol. The van der Waals surface area contributed by atoms with Gasteiger partial charge in [-0.3, -0.25) is 0 Å². The van der Waals surface area contributed by atoms with E-state index in [2.05, 4.69) is 128 Å². The van der Waals surface area contributed by atoms with Crippen LogP contribution in [0.15, 0.2) is 72.8 Å². The van der Waals surface area contributed by atoms with Crippen LogP contribution in [0.1, 0.15) is 41.5 Å². The molecule has 0 saturated heterocycles. The molecule has 0 aliphatic carbocycles. The first-order valence-corrected chi connectivity index (χ1v) is 14.3. The van der Waals surface area contributed by atoms with E-state index in [1.165, 1.54) is 26.8 Å². The molecule has 0 saturated carbocycles. The van der Waals surface area contributed by atoms with Crippen LogP contribution in [-0.4, -0.2) is 23.6 Å². The van der Waals surface area contributed by atoms with Crippen molar-refractivity contribution >= 4 is 48.0 Å². The van der Waals surface area contributed by atoms with Gasteiger partial charge in [-0.2, -0.15) is 12.1 Å². The first kappa shape index (κ1) is 32.8. The van der Waals surface area contributed by atoms with Crippen LogP contribution in [0.25, 0.3) is 21.5 Å². The summed E-state index contributed by atoms with van der Waals surface area (Å²) in [5.74, 6) is 0. The van der Waals surface area contributed by atoms with Gasteiger partial charge in [-0.15, -0.1) is 88.6 Å². The Kier molecular flexibility index (Phi) is 13.1. The number of halogens is 2. The number of hydrogen-bond donors (Lipinski definition) is 0. The first-order chi connectivity index (χ1) is 14.0. The van der Waals surface area contributed by atoms with Crippen molar-refractivity contribution in [1.29, 1.82) is 0 Å². The van der Waals surface area contributed by atoms with Gasteiger partial charge in [0.15, 0.2) is 0 Å². The molecule has 5 heteroatoms. The van der Waals surface area contributed by atoms with E-state index in [4.69, 9.17) is 0 Å². The Morgan fingerprint density at radius 1 is 0.606 bits per heavy atom. The molecule has 4 aromatic rings. The summed E-state index contributed by atoms with van der Waals surface area (Å²) in [5.41, 5.74) is 0. The fraction of sp³-hybridized carbons (Fsp3) is 0.357. The summed E-state index contributed by atoms with van der Waals surface area (Å²) < 4.78 is 0. The van der Waals surface area contributed by atoms with Gasteiger partial charge >= 0.3 is 21.7 Å². The van der Waals surface area contributed by atoms with E-state index >= 15 is 0 Å². The topological polar surface area (TPSA) is 0 Å². The van der Waals surface area contributed by atoms with Crippen LogP contribution >= 0.6 is 15.8 Å². The summed E-state index contributed by atoms with van der Waals surface area (Å²) >= 11 is 0. The van der Waals surface area contributed by atoms with Crippen molar-refractivity contribution in [3.05, 3.63) is 72.8 Å². The Morgan fingerprint density at radius 3 is 1.33 bits per heavy atom. The van der Waals surface area contributed by atoms with E-state index in [1.807, 2.05) is 0 Å². The van der Waals surface area contributed by atoms with Crippen LogP contribution in [0.2, 0.25) is 0 Å². The molecule has 0 atom stereocenters. The summed E-state index contributed by atoms with van der Waals surface area (Å²) in [7, 11) is -0.127. The molecule has 0 N–H and O–H groups in total. The molecule has 33 heavy (non-hydrogen) atoms. The van der Waals surface area contributed by atoms with Crippen LogP contribution in [0, 0.1) is 0 Å². The zero-order valence-corrected chi connectivity index (χ0v) is 25.9. The number of benzene rings is 2. The predicted octanol–water partition coefficient (Wildman–Crippen LogP) is 2.19. The van der Waals surface area contributed by atoms with Gasteiger partial charge in [0.1, 0.15) is 0 Å². The van der Waals surface area contributed by atoms with E-state index in [1.54, 1.807) is 5.30 Å². The van der Waals surface area contributed by atoms with E-state index in [0.29, 0.717) is 10.3 Å². The number of fused-ring (bicyclic) bond motifs is 2. The minimum atomic E-state index is -0.185. The Hall–Kier alpha value is -0.186. The molecule has 0 aliphatic rings. The number of hydrogen-bond acceptors (Lipinski definition) is 0. The quantitative estimate of drug-likeness (QED) is 0.203. The van der Waals surface area contributed by atoms with Crippen molar-refractivity contribution in [2.45, 2.75) is 51.9 Å². The largest absolute Gasteiger partial charge is 4.00 e. The third kappa shape index (κ3) is 8.46. The maximum Gasteiger partial charge on any atom is 4.00 e. The maximum atomic E-state index is 2.40. The summed E-state index contributed by atoms with van der Waals surface area (Å²) in [5, 5.41) is 9.27. The van der Waals surface area contributed by atoms with E-state index in [0.717, 1.165) is 0 Å². The molecule has 0 bridgehead atoms. The van der Waals surface area contributed by atoms with Crippen LogP contribution < -0.4 is 35.4 Å². The normalized spacial score (nSPS) is 11.5. The molecule has 0 aliphatic heterocycles. The second-order valence-corrected chi connectivity index (χ2v) is 16.4. The molecule has 0 amide bonds. The number of rotatable bonds is 2. The van der Waals surface area contributed by atoms with Gasteiger partial charge in [0.05, 0.1) is 0 Å². The third-order valence-corrected chi connectivity index (χ3v) is 10.1. The Bertz CT molecular complexity index is 1030. The zero-order valence-electron chi connectivity index (χ0n) is 21.1. The zero-order chi connectivity index (χ0) is 22.1. The third-order valence-electron chi connectivity index (χ3n) is 5.32. The molecule has 4 rings (SSSR count). The predicted molar refractivity (Wildman–Crippen MR) is 144 cm³/mol. The van der Waals surface area contributed by atoms with Gasteiger partial charge < -0.3 is 24.8 Å². The van der Waals surface area contributed by atoms with Crippen molar-refractivity contribution in [2.24, 2.45) is 0 Å². The smallest absolute Gasteiger partial charge is 1.00 e. The summed E-state index contributed by atoms with van der Waals surface area (Å²) in [6.07, 6.45) is 0. The van der Waals surface area contributed by atoms with Crippen LogP contribution in [0.5, 0.6) is 0 Å². The van der Waals surface area contributed by atoms with Crippen molar-refractivity contribution in [1.82, 2.24) is 0 Å². The molecule has 0 radical (unpaired) electrons. The standard InChI is InChI=1S/C17H24P.C11H12P.2ClH.Ti/c1-16(2,3)18(17(4,5)6)15-11-13-9-7-8-10-14(13)12-15;1-12(2)11-7-9-5-3-4-6-10(9)8-11;;;/h7-12H,1-6H3;3-8H,1-2H3;2*1H;/q2*-1;;;+4/p-2. The van der Waals surface area contributed by atoms with Gasteiger partial charge in [-0.25, -0.2) is 0 Å². The fourth-order valence-corrected chi connectivity index (χ4v) is 9.33. The SMILES string of the molecule is CC(C)(C)P(c1cc2ccccc2[cH-]1)C(C)(C)C.CP(C)c1cc2ccccc2[cH-]1.[Cl-].[Cl-].[Ti+4]. The minimum Gasteiger partial charge on any atom is -1.00 e. The molecule has 0 aromatic heterocycles. The van der Waals surface area contributed by atoms with E-state index in [-0.39, 0.29) is 62.4 Å². The molecule has 176 valence electrons. The second kappa shape index (κ2) is 13.2. The van der Waals surface area contributed by atoms with Crippen molar-refractivity contribution in [3.63, 3.8) is 0 Å². The molecule has 0 heterocycles. The minimum absolute atomic E-state index is 0. The van der Waals surface area contributed by atoms with Crippen molar-refractivity contribution < 1.29 is 46.5 Å². The van der Waals surface area contributed by atoms with Crippen molar-refractivity contribution in [2.75, 3.05) is 13.3 Å². The summed E-state index contributed by atoms with van der Waals surface area (Å²) in [4.78, 5) is 0. The molecule has 0 fully saturated rings. The van der Waals surface area contributed by atoms with Gasteiger partial charge in [0.2, 0.25) is 0 Å². The van der Waals surface area contributed by atoms with Crippen LogP contribution in [0.4, 0.5) is 0 Å². The molecule has 0 spiro atoms. The van der Waals surface area contributed by atoms with E-state index in [9.17, 15) is 0 Å². The maximum absolute atomic E-state index is 2.40.